The third kappa shape index (κ3) is 4.00. The number of carbonyl (C=O) groups is 2. The first-order chi connectivity index (χ1) is 18.0. The average molecular weight is 491 g/mol. The molecule has 0 spiro atoms. The summed E-state index contributed by atoms with van der Waals surface area (Å²) < 4.78 is 0. The van der Waals surface area contributed by atoms with Crippen molar-refractivity contribution in [3.8, 4) is 5.75 Å². The summed E-state index contributed by atoms with van der Waals surface area (Å²) in [4.78, 5) is 30.6. The summed E-state index contributed by atoms with van der Waals surface area (Å²) in [6, 6.07) is 26.4. The van der Waals surface area contributed by atoms with Crippen LogP contribution in [0.3, 0.4) is 0 Å². The molecule has 184 valence electrons. The molecule has 1 unspecified atom stereocenters. The Bertz CT molecular complexity index is 1530. The Balaban J connectivity index is 1.48. The molecule has 2 fully saturated rings. The maximum atomic E-state index is 13.4. The second kappa shape index (κ2) is 9.13. The number of ketones is 1. The first-order valence-corrected chi connectivity index (χ1v) is 12.5. The molecule has 0 bridgehead atoms. The fourth-order valence-electron chi connectivity index (χ4n) is 5.36. The molecule has 2 N–H and O–H groups in total. The highest BCUT2D eigenvalue weighted by Crippen LogP contribution is 2.43. The van der Waals surface area contributed by atoms with E-state index in [-0.39, 0.29) is 17.1 Å². The van der Waals surface area contributed by atoms with Crippen molar-refractivity contribution < 1.29 is 19.8 Å². The van der Waals surface area contributed by atoms with Gasteiger partial charge < -0.3 is 15.1 Å². The Morgan fingerprint density at radius 1 is 0.757 bits per heavy atom. The molecule has 4 aromatic carbocycles. The van der Waals surface area contributed by atoms with Crippen LogP contribution >= 0.6 is 0 Å². The number of aliphatic hydroxyl groups is 1. The molecule has 2 aliphatic rings. The Morgan fingerprint density at radius 2 is 1.41 bits per heavy atom. The highest BCUT2D eigenvalue weighted by molar-refractivity contribution is 6.51. The number of hydrogen-bond acceptors (Lipinski definition) is 5. The van der Waals surface area contributed by atoms with Gasteiger partial charge in [-0.1, -0.05) is 48.5 Å². The van der Waals surface area contributed by atoms with Gasteiger partial charge in [-0.3, -0.25) is 14.5 Å². The van der Waals surface area contributed by atoms with Crippen molar-refractivity contribution in [1.29, 1.82) is 0 Å². The lowest BCUT2D eigenvalue weighted by atomic mass is 9.94. The summed E-state index contributed by atoms with van der Waals surface area (Å²) in [5, 5.41) is 23.2. The first-order valence-electron chi connectivity index (χ1n) is 12.5. The number of aromatic hydroxyl groups is 1. The van der Waals surface area contributed by atoms with Crippen LogP contribution in [0.5, 0.6) is 5.75 Å². The van der Waals surface area contributed by atoms with Gasteiger partial charge in [0.15, 0.2) is 0 Å². The van der Waals surface area contributed by atoms with E-state index in [0.717, 1.165) is 42.4 Å². The largest absolute Gasteiger partial charge is 0.508 e. The molecule has 1 amide bonds. The normalized spacial score (nSPS) is 19.2. The quantitative estimate of drug-likeness (QED) is 0.216. The Kier molecular flexibility index (Phi) is 5.64. The number of rotatable bonds is 4. The molecule has 0 aromatic heterocycles. The molecule has 2 aliphatic heterocycles. The molecule has 0 saturated carbocycles. The molecule has 0 aliphatic carbocycles. The number of nitrogens with zero attached hydrogens (tertiary/aromatic N) is 2. The number of phenolic OH excluding ortho intramolecular Hbond substituents is 1. The molecule has 1 atom stereocenters. The summed E-state index contributed by atoms with van der Waals surface area (Å²) in [7, 11) is 0. The number of carbonyl (C=O) groups excluding carboxylic acids is 2. The van der Waals surface area contributed by atoms with Crippen molar-refractivity contribution in [3.05, 3.63) is 108 Å². The van der Waals surface area contributed by atoms with Crippen molar-refractivity contribution in [2.45, 2.75) is 18.9 Å². The molecule has 2 heterocycles. The summed E-state index contributed by atoms with van der Waals surface area (Å²) in [6.07, 6.45) is 2.32. The number of Topliss-reactive ketones (excluding diaryl/α,β-unsaturated/α-hetero) is 1. The minimum atomic E-state index is -0.843. The highest BCUT2D eigenvalue weighted by atomic mass is 16.3. The maximum Gasteiger partial charge on any atom is 0.300 e. The SMILES string of the molecule is O=C1C(=O)N(c2ccc(N3CCCC3)cc2)C(c2ccc(O)cc2)/C1=C(/O)c1ccc2ccccc2c1. The molecule has 6 rings (SSSR count). The van der Waals surface area contributed by atoms with Gasteiger partial charge in [0, 0.05) is 30.0 Å². The number of anilines is 2. The zero-order valence-electron chi connectivity index (χ0n) is 20.2. The molecule has 0 radical (unpaired) electrons. The number of benzene rings is 4. The molecular formula is C31H26N2O4. The van der Waals surface area contributed by atoms with E-state index in [0.29, 0.717) is 16.8 Å². The summed E-state index contributed by atoms with van der Waals surface area (Å²) in [5.41, 5.74) is 2.75. The lowest BCUT2D eigenvalue weighted by molar-refractivity contribution is -0.132. The minimum absolute atomic E-state index is 0.0228. The molecule has 4 aromatic rings. The maximum absolute atomic E-state index is 13.4. The topological polar surface area (TPSA) is 81.1 Å². The molecule has 6 nitrogen and oxygen atoms in total. The fourth-order valence-corrected chi connectivity index (χ4v) is 5.36. The van der Waals surface area contributed by atoms with Crippen LogP contribution in [0.4, 0.5) is 11.4 Å². The van der Waals surface area contributed by atoms with E-state index in [9.17, 15) is 19.8 Å². The van der Waals surface area contributed by atoms with Crippen LogP contribution in [0.25, 0.3) is 16.5 Å². The van der Waals surface area contributed by atoms with Crippen molar-refractivity contribution in [3.63, 3.8) is 0 Å². The number of aliphatic hydroxyl groups excluding tert-OH is 1. The summed E-state index contributed by atoms with van der Waals surface area (Å²) >= 11 is 0. The summed E-state index contributed by atoms with van der Waals surface area (Å²) in [6.45, 7) is 2.01. The minimum Gasteiger partial charge on any atom is -0.508 e. The van der Waals surface area contributed by atoms with Crippen LogP contribution in [-0.4, -0.2) is 35.0 Å². The van der Waals surface area contributed by atoms with Crippen LogP contribution in [-0.2, 0) is 9.59 Å². The van der Waals surface area contributed by atoms with Gasteiger partial charge >= 0.3 is 0 Å². The fraction of sp³-hybridized carbons (Fsp3) is 0.161. The van der Waals surface area contributed by atoms with Crippen LogP contribution in [0.1, 0.15) is 30.0 Å². The number of phenols is 1. The average Bonchev–Trinajstić information content (AvgIpc) is 3.56. The van der Waals surface area contributed by atoms with Gasteiger partial charge in [-0.05, 0) is 71.6 Å². The number of amides is 1. The Morgan fingerprint density at radius 3 is 2.11 bits per heavy atom. The third-order valence-corrected chi connectivity index (χ3v) is 7.28. The smallest absolute Gasteiger partial charge is 0.300 e. The van der Waals surface area contributed by atoms with Gasteiger partial charge in [0.25, 0.3) is 11.7 Å². The van der Waals surface area contributed by atoms with Gasteiger partial charge in [0.1, 0.15) is 11.5 Å². The second-order valence-corrected chi connectivity index (χ2v) is 9.53. The Hall–Kier alpha value is -4.58. The predicted molar refractivity (Wildman–Crippen MR) is 145 cm³/mol. The van der Waals surface area contributed by atoms with Crippen LogP contribution in [0, 0.1) is 0 Å². The van der Waals surface area contributed by atoms with Gasteiger partial charge in [0.2, 0.25) is 0 Å². The van der Waals surface area contributed by atoms with Crippen molar-refractivity contribution in [2.75, 3.05) is 22.9 Å². The molecule has 37 heavy (non-hydrogen) atoms. The van der Waals surface area contributed by atoms with Gasteiger partial charge in [-0.25, -0.2) is 0 Å². The monoisotopic (exact) mass is 490 g/mol. The van der Waals surface area contributed by atoms with Crippen molar-refractivity contribution in [2.24, 2.45) is 0 Å². The first kappa shape index (κ1) is 22.9. The lowest BCUT2D eigenvalue weighted by Crippen LogP contribution is -2.29. The van der Waals surface area contributed by atoms with Crippen LogP contribution in [0.2, 0.25) is 0 Å². The van der Waals surface area contributed by atoms with E-state index in [1.807, 2.05) is 60.7 Å². The molecule has 6 heteroatoms. The molecular weight excluding hydrogens is 464 g/mol. The number of hydrogen-bond donors (Lipinski definition) is 2. The van der Waals surface area contributed by atoms with Crippen molar-refractivity contribution >= 4 is 39.6 Å². The van der Waals surface area contributed by atoms with E-state index in [2.05, 4.69) is 4.90 Å². The van der Waals surface area contributed by atoms with Crippen LogP contribution < -0.4 is 9.80 Å². The van der Waals surface area contributed by atoms with E-state index >= 15 is 0 Å². The van der Waals surface area contributed by atoms with Crippen molar-refractivity contribution in [1.82, 2.24) is 0 Å². The lowest BCUT2D eigenvalue weighted by Gasteiger charge is -2.26. The third-order valence-electron chi connectivity index (χ3n) is 7.28. The van der Waals surface area contributed by atoms with Crippen LogP contribution in [0.15, 0.2) is 96.6 Å². The number of fused-ring (bicyclic) bond motifs is 1. The summed E-state index contributed by atoms with van der Waals surface area (Å²) in [5.74, 6) is -1.59. The zero-order valence-corrected chi connectivity index (χ0v) is 20.2. The van der Waals surface area contributed by atoms with E-state index < -0.39 is 17.7 Å². The van der Waals surface area contributed by atoms with Gasteiger partial charge in [-0.15, -0.1) is 0 Å². The predicted octanol–water partition coefficient (Wildman–Crippen LogP) is 5.77. The van der Waals surface area contributed by atoms with E-state index in [1.165, 1.54) is 17.0 Å². The van der Waals surface area contributed by atoms with E-state index in [1.54, 1.807) is 18.2 Å². The second-order valence-electron chi connectivity index (χ2n) is 9.53. The van der Waals surface area contributed by atoms with E-state index in [4.69, 9.17) is 0 Å². The molecule has 2 saturated heterocycles. The Labute approximate surface area is 214 Å². The van der Waals surface area contributed by atoms with Gasteiger partial charge in [-0.2, -0.15) is 0 Å². The standard InChI is InChI=1S/C31H26N2O4/c34-26-15-9-21(10-16-26)28-27(29(35)23-8-7-20-5-1-2-6-22(20)19-23)30(36)31(37)33(28)25-13-11-24(12-14-25)32-17-3-4-18-32/h1-2,5-16,19,28,34-35H,3-4,17-18H2/b29-27-. The zero-order chi connectivity index (χ0) is 25.5. The highest BCUT2D eigenvalue weighted by Gasteiger charge is 2.47. The van der Waals surface area contributed by atoms with Gasteiger partial charge in [0.05, 0.1) is 11.6 Å².